The van der Waals surface area contributed by atoms with Crippen LogP contribution in [0.3, 0.4) is 0 Å². The summed E-state index contributed by atoms with van der Waals surface area (Å²) in [6, 6.07) is -0.0197. The van der Waals surface area contributed by atoms with Crippen LogP contribution in [0.4, 0.5) is 0 Å². The second kappa shape index (κ2) is 10.9. The van der Waals surface area contributed by atoms with E-state index in [1.165, 1.54) is 0 Å². The lowest BCUT2D eigenvalue weighted by molar-refractivity contribution is -0.0679. The first-order valence-corrected chi connectivity index (χ1v) is 10.8. The Morgan fingerprint density at radius 3 is 2.52 bits per heavy atom. The van der Waals surface area contributed by atoms with Gasteiger partial charge >= 0.3 is 0 Å². The zero-order valence-electron chi connectivity index (χ0n) is 15.5. The van der Waals surface area contributed by atoms with Gasteiger partial charge in [0.25, 0.3) is 0 Å². The molecule has 148 valence electrons. The molecule has 2 aliphatic heterocycles. The molecule has 0 bridgehead atoms. The van der Waals surface area contributed by atoms with Crippen molar-refractivity contribution in [2.75, 3.05) is 44.2 Å². The van der Waals surface area contributed by atoms with Gasteiger partial charge in [-0.3, -0.25) is 9.89 Å². The van der Waals surface area contributed by atoms with Gasteiger partial charge in [0, 0.05) is 38.8 Å². The third-order valence-electron chi connectivity index (χ3n) is 4.32. The summed E-state index contributed by atoms with van der Waals surface area (Å²) in [6.07, 6.45) is 2.23. The van der Waals surface area contributed by atoms with E-state index < -0.39 is 9.84 Å². The lowest BCUT2D eigenvalue weighted by Gasteiger charge is -2.35. The summed E-state index contributed by atoms with van der Waals surface area (Å²) < 4.78 is 28.9. The SMILES string of the molecule is CCNC(=NCCCN1CC(C)OC(C)C1)NC1CCS(=O)(=O)C1.I. The minimum Gasteiger partial charge on any atom is -0.373 e. The molecule has 0 aromatic carbocycles. The van der Waals surface area contributed by atoms with Gasteiger partial charge in [-0.1, -0.05) is 0 Å². The molecule has 0 spiro atoms. The molecular formula is C16H33IN4O3S. The summed E-state index contributed by atoms with van der Waals surface area (Å²) in [4.78, 5) is 7.02. The monoisotopic (exact) mass is 488 g/mol. The number of halogens is 1. The van der Waals surface area contributed by atoms with E-state index in [1.54, 1.807) is 0 Å². The van der Waals surface area contributed by atoms with Crippen molar-refractivity contribution in [1.29, 1.82) is 0 Å². The van der Waals surface area contributed by atoms with E-state index in [-0.39, 0.29) is 41.5 Å². The third-order valence-corrected chi connectivity index (χ3v) is 6.08. The molecular weight excluding hydrogens is 455 g/mol. The third kappa shape index (κ3) is 8.40. The number of nitrogens with zero attached hydrogens (tertiary/aromatic N) is 2. The van der Waals surface area contributed by atoms with Crippen molar-refractivity contribution in [2.45, 2.75) is 51.9 Å². The molecule has 25 heavy (non-hydrogen) atoms. The van der Waals surface area contributed by atoms with E-state index in [2.05, 4.69) is 34.4 Å². The van der Waals surface area contributed by atoms with Crippen molar-refractivity contribution >= 4 is 39.8 Å². The number of sulfone groups is 1. The molecule has 0 aromatic rings. The molecule has 2 aliphatic rings. The Kier molecular flexibility index (Phi) is 9.97. The van der Waals surface area contributed by atoms with E-state index in [4.69, 9.17) is 4.74 Å². The van der Waals surface area contributed by atoms with E-state index in [0.29, 0.717) is 18.6 Å². The minimum atomic E-state index is -2.87. The summed E-state index contributed by atoms with van der Waals surface area (Å²) >= 11 is 0. The topological polar surface area (TPSA) is 83.0 Å². The fourth-order valence-corrected chi connectivity index (χ4v) is 5.05. The van der Waals surface area contributed by atoms with Crippen LogP contribution in [0, 0.1) is 0 Å². The molecule has 2 heterocycles. The fourth-order valence-electron chi connectivity index (χ4n) is 3.37. The molecule has 0 aliphatic carbocycles. The van der Waals surface area contributed by atoms with Crippen LogP contribution < -0.4 is 10.6 Å². The highest BCUT2D eigenvalue weighted by Crippen LogP contribution is 2.12. The van der Waals surface area contributed by atoms with E-state index in [1.807, 2.05) is 6.92 Å². The highest BCUT2D eigenvalue weighted by atomic mass is 127. The molecule has 0 aromatic heterocycles. The fraction of sp³-hybridized carbons (Fsp3) is 0.938. The number of ether oxygens (including phenoxy) is 1. The number of nitrogens with one attached hydrogen (secondary N) is 2. The molecule has 9 heteroatoms. The van der Waals surface area contributed by atoms with E-state index in [9.17, 15) is 8.42 Å². The molecule has 2 saturated heterocycles. The number of hydrogen-bond donors (Lipinski definition) is 2. The van der Waals surface area contributed by atoms with Gasteiger partial charge in [0.05, 0.1) is 23.7 Å². The summed E-state index contributed by atoms with van der Waals surface area (Å²) in [5.41, 5.74) is 0. The maximum atomic E-state index is 11.6. The Balaban J connectivity index is 0.00000312. The molecule has 0 amide bonds. The standard InChI is InChI=1S/C16H32N4O3S.HI/c1-4-17-16(19-15-6-9-24(21,22)12-15)18-7-5-8-20-10-13(2)23-14(3)11-20;/h13-15H,4-12H2,1-3H3,(H2,17,18,19);1H. The van der Waals surface area contributed by atoms with Crippen LogP contribution in [0.5, 0.6) is 0 Å². The van der Waals surface area contributed by atoms with Gasteiger partial charge in [-0.25, -0.2) is 8.42 Å². The number of guanidine groups is 1. The van der Waals surface area contributed by atoms with E-state index >= 15 is 0 Å². The minimum absolute atomic E-state index is 0. The Labute approximate surface area is 169 Å². The average molecular weight is 488 g/mol. The van der Waals surface area contributed by atoms with Crippen molar-refractivity contribution < 1.29 is 13.2 Å². The molecule has 0 radical (unpaired) electrons. The smallest absolute Gasteiger partial charge is 0.191 e. The van der Waals surface area contributed by atoms with Gasteiger partial charge in [0.1, 0.15) is 0 Å². The Morgan fingerprint density at radius 2 is 1.96 bits per heavy atom. The summed E-state index contributed by atoms with van der Waals surface area (Å²) in [6.45, 7) is 10.7. The Hall–Kier alpha value is -0.130. The van der Waals surface area contributed by atoms with Crippen molar-refractivity contribution in [3.8, 4) is 0 Å². The largest absolute Gasteiger partial charge is 0.373 e. The number of rotatable bonds is 6. The van der Waals surface area contributed by atoms with E-state index in [0.717, 1.165) is 45.1 Å². The van der Waals surface area contributed by atoms with Gasteiger partial charge in [-0.15, -0.1) is 24.0 Å². The second-order valence-electron chi connectivity index (χ2n) is 6.88. The molecule has 2 N–H and O–H groups in total. The number of hydrogen-bond acceptors (Lipinski definition) is 5. The van der Waals surface area contributed by atoms with Crippen LogP contribution in [0.15, 0.2) is 4.99 Å². The quantitative estimate of drug-likeness (QED) is 0.250. The predicted octanol–water partition coefficient (Wildman–Crippen LogP) is 0.846. The lowest BCUT2D eigenvalue weighted by atomic mass is 10.2. The normalized spacial score (nSPS) is 29.9. The second-order valence-corrected chi connectivity index (χ2v) is 9.10. The number of aliphatic imine (C=N–C) groups is 1. The first-order valence-electron chi connectivity index (χ1n) is 9.01. The molecule has 3 atom stereocenters. The van der Waals surface area contributed by atoms with Crippen molar-refractivity contribution in [3.63, 3.8) is 0 Å². The Bertz CT molecular complexity index is 519. The lowest BCUT2D eigenvalue weighted by Crippen LogP contribution is -2.46. The zero-order valence-corrected chi connectivity index (χ0v) is 18.7. The molecule has 0 saturated carbocycles. The van der Waals surface area contributed by atoms with Crippen LogP contribution in [-0.2, 0) is 14.6 Å². The van der Waals surface area contributed by atoms with Crippen LogP contribution in [-0.4, -0.2) is 81.8 Å². The summed E-state index contributed by atoms with van der Waals surface area (Å²) in [5.74, 6) is 1.21. The molecule has 3 unspecified atom stereocenters. The maximum absolute atomic E-state index is 11.6. The highest BCUT2D eigenvalue weighted by Gasteiger charge is 2.28. The number of morpholine rings is 1. The van der Waals surface area contributed by atoms with Crippen LogP contribution in [0.1, 0.15) is 33.6 Å². The van der Waals surface area contributed by atoms with Gasteiger partial charge in [-0.2, -0.15) is 0 Å². The van der Waals surface area contributed by atoms with Crippen molar-refractivity contribution in [2.24, 2.45) is 4.99 Å². The predicted molar refractivity (Wildman–Crippen MR) is 113 cm³/mol. The van der Waals surface area contributed by atoms with Crippen LogP contribution in [0.25, 0.3) is 0 Å². The highest BCUT2D eigenvalue weighted by molar-refractivity contribution is 14.0. The summed E-state index contributed by atoms with van der Waals surface area (Å²) in [5, 5.41) is 6.45. The van der Waals surface area contributed by atoms with Gasteiger partial charge < -0.3 is 15.4 Å². The van der Waals surface area contributed by atoms with Crippen LogP contribution in [0.2, 0.25) is 0 Å². The van der Waals surface area contributed by atoms with Crippen molar-refractivity contribution in [3.05, 3.63) is 0 Å². The van der Waals surface area contributed by atoms with Gasteiger partial charge in [0.15, 0.2) is 15.8 Å². The summed E-state index contributed by atoms with van der Waals surface area (Å²) in [7, 11) is -2.87. The van der Waals surface area contributed by atoms with Gasteiger partial charge in [0.2, 0.25) is 0 Å². The molecule has 2 rings (SSSR count). The van der Waals surface area contributed by atoms with Gasteiger partial charge in [-0.05, 0) is 33.6 Å². The molecule has 7 nitrogen and oxygen atoms in total. The first-order chi connectivity index (χ1) is 11.4. The average Bonchev–Trinajstić information content (AvgIpc) is 2.81. The molecule has 2 fully saturated rings. The van der Waals surface area contributed by atoms with Crippen molar-refractivity contribution in [1.82, 2.24) is 15.5 Å². The maximum Gasteiger partial charge on any atom is 0.191 e. The first kappa shape index (κ1) is 22.9. The van der Waals surface area contributed by atoms with Crippen LogP contribution >= 0.6 is 24.0 Å². The zero-order chi connectivity index (χ0) is 17.6. The Morgan fingerprint density at radius 1 is 1.28 bits per heavy atom.